The average Bonchev–Trinajstić information content (AvgIpc) is 2.94. The minimum Gasteiger partial charge on any atom is -0.467 e. The molecule has 0 unspecified atom stereocenters. The van der Waals surface area contributed by atoms with Crippen LogP contribution in [0, 0.1) is 5.92 Å². The summed E-state index contributed by atoms with van der Waals surface area (Å²) in [5, 5.41) is 7.98. The van der Waals surface area contributed by atoms with Crippen LogP contribution in [0.4, 0.5) is 4.79 Å². The first-order valence-corrected chi connectivity index (χ1v) is 13.0. The Hall–Kier alpha value is -4.21. The van der Waals surface area contributed by atoms with E-state index in [0.29, 0.717) is 25.8 Å². The maximum absolute atomic E-state index is 13.5. The molecular weight excluding hydrogens is 502 g/mol. The van der Waals surface area contributed by atoms with Crippen molar-refractivity contribution >= 4 is 29.7 Å². The molecule has 208 valence electrons. The molecule has 39 heavy (non-hydrogen) atoms. The third-order valence-corrected chi connectivity index (χ3v) is 6.47. The van der Waals surface area contributed by atoms with Gasteiger partial charge in [-0.05, 0) is 36.8 Å². The van der Waals surface area contributed by atoms with Crippen molar-refractivity contribution in [3.63, 3.8) is 0 Å². The number of hydrogen-bond donors (Lipinski definition) is 3. The number of rotatable bonds is 6. The van der Waals surface area contributed by atoms with Gasteiger partial charge >= 0.3 is 12.1 Å². The SMILES string of the molecule is COC(=O)[C@@H]1CC(=O)NCCCC[C@H](NC(=O)OCc2ccccc2)C(=O)C[C@@H](Cc2ccccc2)C(=O)N1. The maximum Gasteiger partial charge on any atom is 0.408 e. The van der Waals surface area contributed by atoms with Crippen molar-refractivity contribution in [3.05, 3.63) is 71.8 Å². The summed E-state index contributed by atoms with van der Waals surface area (Å²) in [6.07, 6.45) is 0.446. The number of methoxy groups -OCH3 is 1. The molecule has 3 rings (SSSR count). The summed E-state index contributed by atoms with van der Waals surface area (Å²) < 4.78 is 10.1. The summed E-state index contributed by atoms with van der Waals surface area (Å²) in [6.45, 7) is 0.365. The standard InChI is InChI=1S/C29H35N3O7/c1-38-28(36)24-18-26(34)30-15-9-8-14-23(32-29(37)39-19-21-12-6-3-7-13-21)25(33)17-22(27(35)31-24)16-20-10-4-2-5-11-20/h2-7,10-13,22-24H,8-9,14-19H2,1H3,(H,30,34)(H,31,35)(H,32,37)/t22-,23+,24+/m1/s1. The second kappa shape index (κ2) is 15.3. The Balaban J connectivity index is 1.78. The summed E-state index contributed by atoms with van der Waals surface area (Å²) in [6, 6.07) is 16.3. The van der Waals surface area contributed by atoms with Gasteiger partial charge in [0.25, 0.3) is 0 Å². The van der Waals surface area contributed by atoms with E-state index in [4.69, 9.17) is 9.47 Å². The van der Waals surface area contributed by atoms with Crippen molar-refractivity contribution in [1.29, 1.82) is 0 Å². The quantitative estimate of drug-likeness (QED) is 0.481. The number of Topliss-reactive ketones (excluding diaryl/α,β-unsaturated/α-hetero) is 1. The zero-order valence-electron chi connectivity index (χ0n) is 22.0. The van der Waals surface area contributed by atoms with E-state index in [9.17, 15) is 24.0 Å². The molecule has 2 aromatic carbocycles. The second-order valence-corrected chi connectivity index (χ2v) is 9.45. The number of hydrogen-bond acceptors (Lipinski definition) is 7. The Morgan fingerprint density at radius 2 is 1.59 bits per heavy atom. The van der Waals surface area contributed by atoms with E-state index in [1.807, 2.05) is 60.7 Å². The number of carbonyl (C=O) groups excluding carboxylic acids is 5. The van der Waals surface area contributed by atoms with Crippen molar-refractivity contribution in [2.45, 2.75) is 57.2 Å². The van der Waals surface area contributed by atoms with Gasteiger partial charge in [0, 0.05) is 18.9 Å². The fourth-order valence-electron chi connectivity index (χ4n) is 4.35. The minimum atomic E-state index is -1.19. The van der Waals surface area contributed by atoms with Gasteiger partial charge in [0.15, 0.2) is 5.78 Å². The minimum absolute atomic E-state index is 0.0492. The third kappa shape index (κ3) is 9.88. The van der Waals surface area contributed by atoms with Crippen LogP contribution in [0.5, 0.6) is 0 Å². The lowest BCUT2D eigenvalue weighted by Crippen LogP contribution is -2.49. The van der Waals surface area contributed by atoms with Crippen molar-refractivity contribution in [2.24, 2.45) is 5.92 Å². The summed E-state index contributed by atoms with van der Waals surface area (Å²) in [5.74, 6) is -2.88. The van der Waals surface area contributed by atoms with Gasteiger partial charge in [-0.15, -0.1) is 0 Å². The number of amides is 3. The molecule has 3 atom stereocenters. The van der Waals surface area contributed by atoms with Gasteiger partial charge < -0.3 is 25.4 Å². The van der Waals surface area contributed by atoms with Gasteiger partial charge in [0.1, 0.15) is 12.6 Å². The molecule has 1 heterocycles. The number of nitrogens with one attached hydrogen (secondary N) is 3. The third-order valence-electron chi connectivity index (χ3n) is 6.47. The molecule has 1 aliphatic rings. The molecule has 3 N–H and O–H groups in total. The zero-order chi connectivity index (χ0) is 28.0. The van der Waals surface area contributed by atoms with Gasteiger partial charge in [0.2, 0.25) is 11.8 Å². The lowest BCUT2D eigenvalue weighted by Gasteiger charge is -2.24. The molecule has 10 nitrogen and oxygen atoms in total. The molecule has 0 spiro atoms. The van der Waals surface area contributed by atoms with Crippen LogP contribution in [0.15, 0.2) is 60.7 Å². The van der Waals surface area contributed by atoms with Crippen LogP contribution in [0.1, 0.15) is 43.2 Å². The van der Waals surface area contributed by atoms with Crippen molar-refractivity contribution < 1.29 is 33.4 Å². The summed E-state index contributed by atoms with van der Waals surface area (Å²) in [4.78, 5) is 64.1. The summed E-state index contributed by atoms with van der Waals surface area (Å²) in [5.41, 5.74) is 1.63. The highest BCUT2D eigenvalue weighted by Crippen LogP contribution is 2.17. The van der Waals surface area contributed by atoms with Crippen LogP contribution >= 0.6 is 0 Å². The fraction of sp³-hybridized carbons (Fsp3) is 0.414. The van der Waals surface area contributed by atoms with Crippen LogP contribution < -0.4 is 16.0 Å². The molecule has 0 aliphatic carbocycles. The van der Waals surface area contributed by atoms with Crippen LogP contribution in [-0.2, 0) is 41.7 Å². The fourth-order valence-corrected chi connectivity index (χ4v) is 4.35. The van der Waals surface area contributed by atoms with E-state index >= 15 is 0 Å². The van der Waals surface area contributed by atoms with E-state index < -0.39 is 41.9 Å². The van der Waals surface area contributed by atoms with Crippen molar-refractivity contribution in [3.8, 4) is 0 Å². The Kier molecular flexibility index (Phi) is 11.5. The first-order chi connectivity index (χ1) is 18.9. The molecule has 0 radical (unpaired) electrons. The highest BCUT2D eigenvalue weighted by Gasteiger charge is 2.32. The molecule has 2 aromatic rings. The molecule has 0 saturated carbocycles. The number of benzene rings is 2. The van der Waals surface area contributed by atoms with E-state index in [-0.39, 0.29) is 31.7 Å². The molecular formula is C29H35N3O7. The van der Waals surface area contributed by atoms with Crippen LogP contribution in [0.3, 0.4) is 0 Å². The van der Waals surface area contributed by atoms with Gasteiger partial charge in [-0.25, -0.2) is 9.59 Å². The highest BCUT2D eigenvalue weighted by atomic mass is 16.5. The van der Waals surface area contributed by atoms with E-state index in [1.54, 1.807) is 0 Å². The van der Waals surface area contributed by atoms with Gasteiger partial charge in [-0.2, -0.15) is 0 Å². The van der Waals surface area contributed by atoms with E-state index in [0.717, 1.165) is 11.1 Å². The number of alkyl carbamates (subject to hydrolysis) is 1. The van der Waals surface area contributed by atoms with Crippen LogP contribution in [-0.4, -0.2) is 55.4 Å². The average molecular weight is 538 g/mol. The number of esters is 1. The Bertz CT molecular complexity index is 1120. The first kappa shape index (κ1) is 29.3. The Morgan fingerprint density at radius 1 is 0.923 bits per heavy atom. The number of ketones is 1. The molecule has 0 bridgehead atoms. The van der Waals surface area contributed by atoms with Crippen molar-refractivity contribution in [2.75, 3.05) is 13.7 Å². The molecule has 1 fully saturated rings. The molecule has 0 aromatic heterocycles. The Morgan fingerprint density at radius 3 is 2.26 bits per heavy atom. The maximum atomic E-state index is 13.5. The summed E-state index contributed by atoms with van der Waals surface area (Å²) >= 11 is 0. The summed E-state index contributed by atoms with van der Waals surface area (Å²) in [7, 11) is 1.18. The number of carbonyl (C=O) groups is 5. The monoisotopic (exact) mass is 537 g/mol. The lowest BCUT2D eigenvalue weighted by atomic mass is 9.89. The molecule has 1 saturated heterocycles. The largest absolute Gasteiger partial charge is 0.467 e. The van der Waals surface area contributed by atoms with Gasteiger partial charge in [0.05, 0.1) is 19.6 Å². The van der Waals surface area contributed by atoms with E-state index in [1.165, 1.54) is 7.11 Å². The number of ether oxygens (including phenoxy) is 2. The van der Waals surface area contributed by atoms with Crippen LogP contribution in [0.2, 0.25) is 0 Å². The zero-order valence-corrected chi connectivity index (χ0v) is 22.0. The van der Waals surface area contributed by atoms with Gasteiger partial charge in [-0.1, -0.05) is 60.7 Å². The molecule has 3 amide bonds. The second-order valence-electron chi connectivity index (χ2n) is 9.45. The van der Waals surface area contributed by atoms with Crippen molar-refractivity contribution in [1.82, 2.24) is 16.0 Å². The lowest BCUT2D eigenvalue weighted by molar-refractivity contribution is -0.147. The van der Waals surface area contributed by atoms with E-state index in [2.05, 4.69) is 16.0 Å². The smallest absolute Gasteiger partial charge is 0.408 e. The predicted molar refractivity (Wildman–Crippen MR) is 142 cm³/mol. The normalized spacial score (nSPS) is 21.1. The Labute approximate surface area is 227 Å². The van der Waals surface area contributed by atoms with Gasteiger partial charge in [-0.3, -0.25) is 14.4 Å². The van der Waals surface area contributed by atoms with Crippen LogP contribution in [0.25, 0.3) is 0 Å². The first-order valence-electron chi connectivity index (χ1n) is 13.0. The molecule has 1 aliphatic heterocycles. The topological polar surface area (TPSA) is 140 Å². The predicted octanol–water partition coefficient (Wildman–Crippen LogP) is 2.45. The highest BCUT2D eigenvalue weighted by molar-refractivity contribution is 5.94. The molecule has 10 heteroatoms.